The Morgan fingerprint density at radius 3 is 2.00 bits per heavy atom. The van der Waals surface area contributed by atoms with Crippen LogP contribution in [-0.4, -0.2) is 43.0 Å². The second-order valence-corrected chi connectivity index (χ2v) is 3.00. The van der Waals surface area contributed by atoms with E-state index in [9.17, 15) is 9.59 Å². The Bertz CT molecular complexity index is 310. The summed E-state index contributed by atoms with van der Waals surface area (Å²) in [6, 6.07) is 0. The Hall–Kier alpha value is -1.70. The molecule has 0 radical (unpaired) electrons. The third-order valence-electron chi connectivity index (χ3n) is 1.43. The van der Waals surface area contributed by atoms with Gasteiger partial charge in [-0.05, 0) is 26.1 Å². The van der Waals surface area contributed by atoms with Gasteiger partial charge in [-0.15, -0.1) is 0 Å². The summed E-state index contributed by atoms with van der Waals surface area (Å²) in [6.07, 6.45) is 0. The second-order valence-electron chi connectivity index (χ2n) is 2.59. The number of nitrogens with one attached hydrogen (secondary N) is 2. The molecule has 0 aromatic heterocycles. The Morgan fingerprint density at radius 1 is 1.18 bits per heavy atom. The average molecular weight is 261 g/mol. The van der Waals surface area contributed by atoms with Crippen molar-refractivity contribution in [3.63, 3.8) is 0 Å². The number of carbonyl (C=O) groups is 2. The first-order valence-corrected chi connectivity index (χ1v) is 5.37. The molecule has 0 aromatic rings. The fourth-order valence-corrected chi connectivity index (χ4v) is 0.782. The Kier molecular flexibility index (Phi) is 7.61. The molecule has 0 saturated carbocycles. The van der Waals surface area contributed by atoms with Crippen molar-refractivity contribution in [3.05, 3.63) is 0 Å². The summed E-state index contributed by atoms with van der Waals surface area (Å²) >= 11 is 4.74. The van der Waals surface area contributed by atoms with E-state index in [4.69, 9.17) is 12.2 Å². The van der Waals surface area contributed by atoms with Crippen LogP contribution in [-0.2, 0) is 19.1 Å². The minimum atomic E-state index is -0.864. The zero-order chi connectivity index (χ0) is 13.3. The van der Waals surface area contributed by atoms with E-state index in [1.54, 1.807) is 20.9 Å². The van der Waals surface area contributed by atoms with Crippen molar-refractivity contribution in [2.75, 3.05) is 20.3 Å². The predicted molar refractivity (Wildman–Crippen MR) is 65.5 cm³/mol. The van der Waals surface area contributed by atoms with E-state index in [2.05, 4.69) is 25.3 Å². The summed E-state index contributed by atoms with van der Waals surface area (Å²) in [5, 5.41) is 6.28. The van der Waals surface area contributed by atoms with E-state index in [1.165, 1.54) is 0 Å². The SMILES string of the molecule is CCOC(=O)C(=NNC(=S)NC)C(=O)OCC. The highest BCUT2D eigenvalue weighted by atomic mass is 32.1. The fraction of sp³-hybridized carbons (Fsp3) is 0.556. The normalized spacial score (nSPS) is 8.88. The molecule has 0 spiro atoms. The lowest BCUT2D eigenvalue weighted by Gasteiger charge is -2.06. The first-order valence-electron chi connectivity index (χ1n) is 4.96. The van der Waals surface area contributed by atoms with Crippen molar-refractivity contribution in [2.24, 2.45) is 5.10 Å². The van der Waals surface area contributed by atoms with Crippen molar-refractivity contribution < 1.29 is 19.1 Å². The Morgan fingerprint density at radius 2 is 1.65 bits per heavy atom. The lowest BCUT2D eigenvalue weighted by atomic mass is 10.4. The monoisotopic (exact) mass is 261 g/mol. The molecule has 0 aliphatic carbocycles. The summed E-state index contributed by atoms with van der Waals surface area (Å²) in [5.41, 5.74) is 1.84. The van der Waals surface area contributed by atoms with Gasteiger partial charge in [-0.2, -0.15) is 5.10 Å². The van der Waals surface area contributed by atoms with Gasteiger partial charge in [0.2, 0.25) is 0 Å². The van der Waals surface area contributed by atoms with Gasteiger partial charge >= 0.3 is 11.9 Å². The number of hydrazone groups is 1. The van der Waals surface area contributed by atoms with Crippen LogP contribution in [0.3, 0.4) is 0 Å². The standard InChI is InChI=1S/C9H15N3O4S/c1-4-15-7(13)6(8(14)16-5-2)11-12-9(17)10-3/h4-5H2,1-3H3,(H2,10,12,17). The highest BCUT2D eigenvalue weighted by Gasteiger charge is 2.23. The van der Waals surface area contributed by atoms with Crippen molar-refractivity contribution in [1.29, 1.82) is 0 Å². The number of thiocarbonyl (C=S) groups is 1. The Balaban J connectivity index is 4.77. The molecule has 17 heavy (non-hydrogen) atoms. The molecule has 7 nitrogen and oxygen atoms in total. The minimum Gasteiger partial charge on any atom is -0.461 e. The van der Waals surface area contributed by atoms with Gasteiger partial charge in [0, 0.05) is 7.05 Å². The number of rotatable bonds is 5. The molecule has 0 aliphatic heterocycles. The van der Waals surface area contributed by atoms with Crippen LogP contribution in [0.15, 0.2) is 5.10 Å². The summed E-state index contributed by atoms with van der Waals surface area (Å²) in [6.45, 7) is 3.50. The van der Waals surface area contributed by atoms with E-state index in [-0.39, 0.29) is 18.3 Å². The van der Waals surface area contributed by atoms with E-state index < -0.39 is 17.7 Å². The van der Waals surface area contributed by atoms with Crippen LogP contribution >= 0.6 is 12.2 Å². The van der Waals surface area contributed by atoms with Crippen LogP contribution in [0.5, 0.6) is 0 Å². The van der Waals surface area contributed by atoms with E-state index in [0.717, 1.165) is 0 Å². The smallest absolute Gasteiger partial charge is 0.366 e. The van der Waals surface area contributed by atoms with Gasteiger partial charge in [0.15, 0.2) is 5.11 Å². The van der Waals surface area contributed by atoms with Crippen molar-refractivity contribution in [2.45, 2.75) is 13.8 Å². The third-order valence-corrected chi connectivity index (χ3v) is 1.73. The third kappa shape index (κ3) is 5.81. The molecule has 8 heteroatoms. The molecular formula is C9H15N3O4S. The number of ether oxygens (including phenoxy) is 2. The molecule has 0 rings (SSSR count). The van der Waals surface area contributed by atoms with Crippen molar-refractivity contribution >= 4 is 35.0 Å². The molecule has 0 aliphatic rings. The number of hydrogen-bond acceptors (Lipinski definition) is 6. The summed E-state index contributed by atoms with van der Waals surface area (Å²) < 4.78 is 9.33. The molecule has 0 saturated heterocycles. The van der Waals surface area contributed by atoms with Crippen LogP contribution in [0.2, 0.25) is 0 Å². The summed E-state index contributed by atoms with van der Waals surface area (Å²) in [4.78, 5) is 22.8. The molecule has 0 bridgehead atoms. The van der Waals surface area contributed by atoms with Crippen LogP contribution in [0.25, 0.3) is 0 Å². The maximum absolute atomic E-state index is 11.4. The quantitative estimate of drug-likeness (QED) is 0.228. The minimum absolute atomic E-state index is 0.133. The second kappa shape index (κ2) is 8.45. The van der Waals surface area contributed by atoms with E-state index in [1.807, 2.05) is 0 Å². The topological polar surface area (TPSA) is 89.0 Å². The zero-order valence-electron chi connectivity index (χ0n) is 9.90. The first-order chi connectivity index (χ1) is 8.06. The summed E-state index contributed by atoms with van der Waals surface area (Å²) in [5.74, 6) is -1.73. The maximum Gasteiger partial charge on any atom is 0.366 e. The van der Waals surface area contributed by atoms with Crippen molar-refractivity contribution in [1.82, 2.24) is 10.7 Å². The number of nitrogens with zero attached hydrogens (tertiary/aromatic N) is 1. The van der Waals surface area contributed by atoms with Gasteiger partial charge in [0.25, 0.3) is 5.71 Å². The highest BCUT2D eigenvalue weighted by Crippen LogP contribution is 1.90. The predicted octanol–water partition coefficient (Wildman–Crippen LogP) is -0.437. The van der Waals surface area contributed by atoms with Crippen LogP contribution < -0.4 is 10.7 Å². The van der Waals surface area contributed by atoms with Gasteiger partial charge in [0.05, 0.1) is 13.2 Å². The largest absolute Gasteiger partial charge is 0.461 e. The number of hydrogen-bond donors (Lipinski definition) is 2. The van der Waals surface area contributed by atoms with Crippen molar-refractivity contribution in [3.8, 4) is 0 Å². The van der Waals surface area contributed by atoms with Crippen LogP contribution in [0, 0.1) is 0 Å². The van der Waals surface area contributed by atoms with Crippen LogP contribution in [0.4, 0.5) is 0 Å². The molecule has 0 amide bonds. The molecule has 2 N–H and O–H groups in total. The Labute approximate surface area is 105 Å². The molecule has 96 valence electrons. The molecule has 0 heterocycles. The average Bonchev–Trinajstić information content (AvgIpc) is 2.29. The lowest BCUT2D eigenvalue weighted by molar-refractivity contribution is -0.140. The maximum atomic E-state index is 11.4. The first kappa shape index (κ1) is 15.3. The summed E-state index contributed by atoms with van der Waals surface area (Å²) in [7, 11) is 1.57. The fourth-order valence-electron chi connectivity index (χ4n) is 0.736. The van der Waals surface area contributed by atoms with Gasteiger partial charge in [-0.1, -0.05) is 0 Å². The zero-order valence-corrected chi connectivity index (χ0v) is 10.7. The van der Waals surface area contributed by atoms with Gasteiger partial charge < -0.3 is 14.8 Å². The van der Waals surface area contributed by atoms with E-state index >= 15 is 0 Å². The molecule has 0 fully saturated rings. The molecule has 0 unspecified atom stereocenters. The van der Waals surface area contributed by atoms with Crippen LogP contribution in [0.1, 0.15) is 13.8 Å². The van der Waals surface area contributed by atoms with Gasteiger partial charge in [-0.25, -0.2) is 9.59 Å². The molecule has 0 aromatic carbocycles. The highest BCUT2D eigenvalue weighted by molar-refractivity contribution is 7.80. The number of carbonyl (C=O) groups excluding carboxylic acids is 2. The molecular weight excluding hydrogens is 246 g/mol. The molecule has 0 atom stereocenters. The van der Waals surface area contributed by atoms with Gasteiger partial charge in [-0.3, -0.25) is 5.43 Å². The lowest BCUT2D eigenvalue weighted by Crippen LogP contribution is -2.34. The van der Waals surface area contributed by atoms with E-state index in [0.29, 0.717) is 0 Å². The number of esters is 2. The van der Waals surface area contributed by atoms with Gasteiger partial charge in [0.1, 0.15) is 0 Å².